The smallest absolute Gasteiger partial charge is 0.115 e. The fourth-order valence-electron chi connectivity index (χ4n) is 3.31. The molecule has 1 saturated heterocycles. The number of benzene rings is 2. The van der Waals surface area contributed by atoms with Crippen molar-refractivity contribution in [1.82, 2.24) is 4.90 Å². The molecular weight excluding hydrogens is 318 g/mol. The molecule has 2 atom stereocenters. The van der Waals surface area contributed by atoms with Gasteiger partial charge in [-0.3, -0.25) is 0 Å². The van der Waals surface area contributed by atoms with Crippen LogP contribution in [0.2, 0.25) is 5.02 Å². The summed E-state index contributed by atoms with van der Waals surface area (Å²) in [6.07, 6.45) is 0.497. The van der Waals surface area contributed by atoms with Crippen LogP contribution in [0.25, 0.3) is 0 Å². The predicted octanol–water partition coefficient (Wildman–Crippen LogP) is 5.10. The third-order valence-electron chi connectivity index (χ3n) is 4.92. The van der Waals surface area contributed by atoms with Gasteiger partial charge in [0.2, 0.25) is 0 Å². The monoisotopic (exact) mass is 345 g/mol. The standard InChI is InChI=1S/C21H26ClNO/c1-21(17-7-4-3-5-8-17,18-10-12-19(22)13-11-18)24-16-14-20-9-6-15-23(20)2/h3-5,7-8,10-13,20H,6,9,14-16H2,1-2H3/t20-,21-/m1/s1/i14D2. The lowest BCUT2D eigenvalue weighted by Gasteiger charge is -2.32. The van der Waals surface area contributed by atoms with Crippen LogP contribution in [0.1, 0.15) is 40.0 Å². The molecule has 0 radical (unpaired) electrons. The van der Waals surface area contributed by atoms with Gasteiger partial charge in [0.25, 0.3) is 0 Å². The molecule has 1 aliphatic heterocycles. The first-order chi connectivity index (χ1) is 12.3. The molecule has 0 saturated carbocycles. The Balaban J connectivity index is 1.88. The second-order valence-corrected chi connectivity index (χ2v) is 6.97. The van der Waals surface area contributed by atoms with Gasteiger partial charge in [-0.15, -0.1) is 0 Å². The zero-order valence-corrected chi connectivity index (χ0v) is 15.1. The van der Waals surface area contributed by atoms with Crippen molar-refractivity contribution in [2.24, 2.45) is 0 Å². The third kappa shape index (κ3) is 3.83. The Morgan fingerprint density at radius 1 is 1.17 bits per heavy atom. The van der Waals surface area contributed by atoms with Crippen molar-refractivity contribution >= 4 is 11.6 Å². The largest absolute Gasteiger partial charge is 0.366 e. The van der Waals surface area contributed by atoms with Crippen LogP contribution in [0.15, 0.2) is 54.6 Å². The molecule has 0 N–H and O–H groups in total. The number of hydrogen-bond donors (Lipinski definition) is 0. The Morgan fingerprint density at radius 3 is 2.46 bits per heavy atom. The van der Waals surface area contributed by atoms with Crippen molar-refractivity contribution < 1.29 is 7.48 Å². The molecule has 128 valence electrons. The van der Waals surface area contributed by atoms with Crippen LogP contribution in [0, 0.1) is 0 Å². The summed E-state index contributed by atoms with van der Waals surface area (Å²) in [4.78, 5) is 2.10. The lowest BCUT2D eigenvalue weighted by molar-refractivity contribution is -0.0117. The minimum atomic E-state index is -1.41. The summed E-state index contributed by atoms with van der Waals surface area (Å²) in [6, 6.07) is 17.5. The van der Waals surface area contributed by atoms with Crippen molar-refractivity contribution in [3.8, 4) is 0 Å². The first-order valence-corrected chi connectivity index (χ1v) is 8.86. The van der Waals surface area contributed by atoms with Crippen LogP contribution < -0.4 is 0 Å². The average molecular weight is 346 g/mol. The Hall–Kier alpha value is -1.35. The van der Waals surface area contributed by atoms with Crippen LogP contribution in [-0.2, 0) is 10.3 Å². The minimum Gasteiger partial charge on any atom is -0.366 e. The highest BCUT2D eigenvalue weighted by atomic mass is 35.5. The van der Waals surface area contributed by atoms with E-state index in [1.165, 1.54) is 0 Å². The summed E-state index contributed by atoms with van der Waals surface area (Å²) in [6.45, 7) is 2.98. The van der Waals surface area contributed by atoms with Gasteiger partial charge >= 0.3 is 0 Å². The topological polar surface area (TPSA) is 12.5 Å². The Bertz CT molecular complexity index is 723. The molecule has 3 heteroatoms. The second-order valence-electron chi connectivity index (χ2n) is 6.54. The summed E-state index contributed by atoms with van der Waals surface area (Å²) in [7, 11) is 1.99. The van der Waals surface area contributed by atoms with Gasteiger partial charge in [0.05, 0.1) is 0 Å². The lowest BCUT2D eigenvalue weighted by Crippen LogP contribution is -2.31. The van der Waals surface area contributed by atoms with Gasteiger partial charge in [0.1, 0.15) is 5.60 Å². The Kier molecular flexibility index (Phi) is 4.79. The van der Waals surface area contributed by atoms with E-state index in [0.717, 1.165) is 30.5 Å². The fourth-order valence-corrected chi connectivity index (χ4v) is 3.43. The quantitative estimate of drug-likeness (QED) is 0.721. The zero-order valence-electron chi connectivity index (χ0n) is 16.3. The van der Waals surface area contributed by atoms with E-state index >= 15 is 0 Å². The van der Waals surface area contributed by atoms with E-state index < -0.39 is 12.0 Å². The highest BCUT2D eigenvalue weighted by Crippen LogP contribution is 2.34. The number of halogens is 1. The zero-order chi connectivity index (χ0) is 18.8. The van der Waals surface area contributed by atoms with Gasteiger partial charge in [-0.25, -0.2) is 0 Å². The number of likely N-dealkylation sites (tertiary alicyclic amines) is 1. The molecule has 0 amide bonds. The van der Waals surface area contributed by atoms with Gasteiger partial charge in [-0.1, -0.05) is 54.1 Å². The van der Waals surface area contributed by atoms with E-state index in [9.17, 15) is 0 Å². The molecule has 1 fully saturated rings. The Labute approximate surface area is 153 Å². The highest BCUT2D eigenvalue weighted by Gasteiger charge is 2.30. The Morgan fingerprint density at radius 2 is 1.83 bits per heavy atom. The first kappa shape index (κ1) is 14.9. The van der Waals surface area contributed by atoms with Crippen LogP contribution in [0.3, 0.4) is 0 Å². The van der Waals surface area contributed by atoms with E-state index in [4.69, 9.17) is 19.1 Å². The van der Waals surface area contributed by atoms with Gasteiger partial charge in [0.15, 0.2) is 0 Å². The molecule has 0 unspecified atom stereocenters. The molecule has 0 aromatic heterocycles. The molecule has 0 bridgehead atoms. The number of nitrogens with zero attached hydrogens (tertiary/aromatic N) is 1. The lowest BCUT2D eigenvalue weighted by atomic mass is 9.88. The van der Waals surface area contributed by atoms with E-state index in [1.807, 2.05) is 68.6 Å². The molecule has 3 rings (SSSR count). The molecule has 1 heterocycles. The number of ether oxygens (including phenoxy) is 1. The molecule has 0 spiro atoms. The highest BCUT2D eigenvalue weighted by molar-refractivity contribution is 6.30. The maximum absolute atomic E-state index is 8.57. The average Bonchev–Trinajstić information content (AvgIpc) is 3.08. The SMILES string of the molecule is [2H]C([2H])(CO[C@](C)(c1ccccc1)c1ccc(Cl)cc1)[C@H]1CCCN1C. The van der Waals surface area contributed by atoms with Crippen molar-refractivity contribution in [2.75, 3.05) is 20.2 Å². The van der Waals surface area contributed by atoms with Gasteiger partial charge in [0, 0.05) is 20.4 Å². The van der Waals surface area contributed by atoms with E-state index in [1.54, 1.807) is 0 Å². The molecule has 2 nitrogen and oxygen atoms in total. The molecule has 2 aromatic carbocycles. The summed E-state index contributed by atoms with van der Waals surface area (Å²) in [5.41, 5.74) is 1.22. The van der Waals surface area contributed by atoms with Crippen molar-refractivity contribution in [3.63, 3.8) is 0 Å². The van der Waals surface area contributed by atoms with E-state index in [0.29, 0.717) is 5.02 Å². The summed E-state index contributed by atoms with van der Waals surface area (Å²) in [5.74, 6) is 0. The van der Waals surface area contributed by atoms with Crippen molar-refractivity contribution in [3.05, 3.63) is 70.7 Å². The summed E-state index contributed by atoms with van der Waals surface area (Å²) >= 11 is 6.05. The van der Waals surface area contributed by atoms with Crippen LogP contribution in [0.5, 0.6) is 0 Å². The molecular formula is C21H26ClNO. The first-order valence-electron chi connectivity index (χ1n) is 9.49. The van der Waals surface area contributed by atoms with E-state index in [2.05, 4.69) is 4.90 Å². The molecule has 24 heavy (non-hydrogen) atoms. The fraction of sp³-hybridized carbons (Fsp3) is 0.429. The van der Waals surface area contributed by atoms with Gasteiger partial charge < -0.3 is 9.64 Å². The van der Waals surface area contributed by atoms with Crippen LogP contribution in [0.4, 0.5) is 0 Å². The normalized spacial score (nSPS) is 22.7. The molecule has 2 aromatic rings. The minimum absolute atomic E-state index is 0.0377. The summed E-state index contributed by atoms with van der Waals surface area (Å²) in [5, 5.41) is 0.673. The number of hydrogen-bond acceptors (Lipinski definition) is 2. The molecule has 0 aliphatic carbocycles. The van der Waals surface area contributed by atoms with Crippen molar-refractivity contribution in [2.45, 2.75) is 37.8 Å². The van der Waals surface area contributed by atoms with Crippen molar-refractivity contribution in [1.29, 1.82) is 0 Å². The number of rotatable bonds is 6. The predicted molar refractivity (Wildman–Crippen MR) is 101 cm³/mol. The maximum Gasteiger partial charge on any atom is 0.115 e. The second kappa shape index (κ2) is 7.69. The van der Waals surface area contributed by atoms with E-state index in [-0.39, 0.29) is 12.6 Å². The summed E-state index contributed by atoms with van der Waals surface area (Å²) < 4.78 is 23.5. The van der Waals surface area contributed by atoms with Gasteiger partial charge in [-0.05, 0) is 63.0 Å². The molecule has 1 aliphatic rings. The van der Waals surface area contributed by atoms with Crippen LogP contribution >= 0.6 is 11.6 Å². The van der Waals surface area contributed by atoms with Gasteiger partial charge in [-0.2, -0.15) is 0 Å². The third-order valence-corrected chi connectivity index (χ3v) is 5.17. The van der Waals surface area contributed by atoms with Crippen LogP contribution in [-0.4, -0.2) is 31.1 Å². The maximum atomic E-state index is 8.57.